The number of hydrogen-bond acceptors (Lipinski definition) is 7. The van der Waals surface area contributed by atoms with E-state index < -0.39 is 11.9 Å². The molecule has 0 saturated heterocycles. The van der Waals surface area contributed by atoms with Crippen LogP contribution in [-0.4, -0.2) is 29.7 Å². The van der Waals surface area contributed by atoms with Gasteiger partial charge in [0, 0.05) is 11.5 Å². The number of aryl methyl sites for hydroxylation is 2. The van der Waals surface area contributed by atoms with Crippen molar-refractivity contribution in [3.05, 3.63) is 35.5 Å². The maximum Gasteiger partial charge on any atom is 0.433 e. The number of alkyl halides is 3. The van der Waals surface area contributed by atoms with Gasteiger partial charge in [-0.2, -0.15) is 13.2 Å². The molecule has 5 aromatic heterocycles. The first kappa shape index (κ1) is 16.1. The second-order valence-corrected chi connectivity index (χ2v) is 7.05. The minimum absolute atomic E-state index is 0.264. The van der Waals surface area contributed by atoms with Gasteiger partial charge in [-0.05, 0) is 25.5 Å². The van der Waals surface area contributed by atoms with Gasteiger partial charge < -0.3 is 4.52 Å². The maximum absolute atomic E-state index is 13.1. The Bertz CT molecular complexity index is 1350. The predicted molar refractivity (Wildman–Crippen MR) is 91.4 cm³/mol. The quantitative estimate of drug-likeness (QED) is 0.427. The van der Waals surface area contributed by atoms with Crippen molar-refractivity contribution in [3.63, 3.8) is 0 Å². The number of nitrogens with zero attached hydrogens (tertiary/aromatic N) is 6. The number of hydrogen-bond donors (Lipinski definition) is 0. The lowest BCUT2D eigenvalue weighted by Crippen LogP contribution is -2.07. The van der Waals surface area contributed by atoms with E-state index >= 15 is 0 Å². The van der Waals surface area contributed by atoms with Crippen LogP contribution in [0, 0.1) is 13.8 Å². The Morgan fingerprint density at radius 1 is 1.15 bits per heavy atom. The van der Waals surface area contributed by atoms with E-state index in [0.29, 0.717) is 44.1 Å². The summed E-state index contributed by atoms with van der Waals surface area (Å²) in [5, 5.41) is 8.80. The fourth-order valence-corrected chi connectivity index (χ4v) is 4.11. The standard InChI is InChI=1S/C16H9F3N6OS/c1-6-3-9(16(17,18)19)21-15-10(6)11-12(27-15)14-22-13(23-25(14)5-20-11)8-4-7(2)26-24-8/h3-5H,1-2H3. The Morgan fingerprint density at radius 3 is 2.67 bits per heavy atom. The Balaban J connectivity index is 1.81. The van der Waals surface area contributed by atoms with Gasteiger partial charge in [0.05, 0.1) is 5.52 Å². The molecular weight excluding hydrogens is 381 g/mol. The SMILES string of the molecule is Cc1cc(-c2nc3c4sc5nc(C(F)(F)F)cc(C)c5c4ncn3n2)no1. The number of fused-ring (bicyclic) bond motifs is 5. The third-order valence-electron chi connectivity index (χ3n) is 4.11. The first-order valence-electron chi connectivity index (χ1n) is 7.77. The van der Waals surface area contributed by atoms with E-state index in [-0.39, 0.29) is 4.83 Å². The van der Waals surface area contributed by atoms with Gasteiger partial charge in [0.15, 0.2) is 11.3 Å². The van der Waals surface area contributed by atoms with Crippen LogP contribution in [0.5, 0.6) is 0 Å². The van der Waals surface area contributed by atoms with Gasteiger partial charge in [0.2, 0.25) is 5.82 Å². The van der Waals surface area contributed by atoms with Crippen LogP contribution < -0.4 is 0 Å². The molecule has 0 spiro atoms. The van der Waals surface area contributed by atoms with Crippen molar-refractivity contribution >= 4 is 37.4 Å². The minimum Gasteiger partial charge on any atom is -0.361 e. The first-order chi connectivity index (χ1) is 12.8. The van der Waals surface area contributed by atoms with Gasteiger partial charge in [-0.3, -0.25) is 0 Å². The lowest BCUT2D eigenvalue weighted by molar-refractivity contribution is -0.141. The highest BCUT2D eigenvalue weighted by atomic mass is 32.1. The van der Waals surface area contributed by atoms with Crippen LogP contribution in [0.25, 0.3) is 37.6 Å². The molecule has 0 aliphatic heterocycles. The van der Waals surface area contributed by atoms with E-state index in [9.17, 15) is 13.2 Å². The van der Waals surface area contributed by atoms with Gasteiger partial charge >= 0.3 is 6.18 Å². The normalized spacial score (nSPS) is 12.6. The molecule has 136 valence electrons. The molecule has 27 heavy (non-hydrogen) atoms. The van der Waals surface area contributed by atoms with Crippen LogP contribution >= 0.6 is 11.3 Å². The second-order valence-electron chi connectivity index (χ2n) is 6.05. The molecule has 7 nitrogen and oxygen atoms in total. The zero-order valence-electron chi connectivity index (χ0n) is 13.9. The third-order valence-corrected chi connectivity index (χ3v) is 5.18. The molecule has 0 unspecified atom stereocenters. The molecule has 0 aliphatic rings. The Kier molecular flexibility index (Phi) is 3.12. The van der Waals surface area contributed by atoms with E-state index in [2.05, 4.69) is 25.2 Å². The zero-order valence-corrected chi connectivity index (χ0v) is 14.7. The molecule has 0 fully saturated rings. The molecule has 0 atom stereocenters. The molecule has 11 heteroatoms. The highest BCUT2D eigenvalue weighted by Crippen LogP contribution is 2.38. The molecule has 0 saturated carbocycles. The van der Waals surface area contributed by atoms with Gasteiger partial charge in [-0.25, -0.2) is 19.5 Å². The van der Waals surface area contributed by atoms with Crippen LogP contribution in [0.15, 0.2) is 23.0 Å². The number of halogens is 3. The molecule has 0 radical (unpaired) electrons. The van der Waals surface area contributed by atoms with Crippen LogP contribution in [0.2, 0.25) is 0 Å². The summed E-state index contributed by atoms with van der Waals surface area (Å²) < 4.78 is 46.4. The summed E-state index contributed by atoms with van der Waals surface area (Å²) in [7, 11) is 0. The van der Waals surface area contributed by atoms with Gasteiger partial charge in [0.1, 0.15) is 27.3 Å². The number of rotatable bonds is 1. The minimum atomic E-state index is -4.51. The third kappa shape index (κ3) is 2.38. The van der Waals surface area contributed by atoms with Gasteiger partial charge in [-0.1, -0.05) is 5.16 Å². The Labute approximate surface area is 152 Å². The van der Waals surface area contributed by atoms with Gasteiger partial charge in [0.25, 0.3) is 0 Å². The van der Waals surface area contributed by atoms with E-state index in [4.69, 9.17) is 4.52 Å². The zero-order chi connectivity index (χ0) is 18.9. The predicted octanol–water partition coefficient (Wildman–Crippen LogP) is 4.18. The summed E-state index contributed by atoms with van der Waals surface area (Å²) in [5.74, 6) is 0.966. The molecule has 5 aromatic rings. The molecule has 0 amide bonds. The van der Waals surface area contributed by atoms with Gasteiger partial charge in [-0.15, -0.1) is 16.4 Å². The first-order valence-corrected chi connectivity index (χ1v) is 8.59. The average Bonchev–Trinajstić information content (AvgIpc) is 3.28. The molecule has 0 aliphatic carbocycles. The molecule has 5 rings (SSSR count). The summed E-state index contributed by atoms with van der Waals surface area (Å²) in [6.07, 6.45) is -3.03. The molecule has 0 bridgehead atoms. The highest BCUT2D eigenvalue weighted by molar-refractivity contribution is 7.26. The van der Waals surface area contributed by atoms with E-state index in [1.54, 1.807) is 19.9 Å². The van der Waals surface area contributed by atoms with E-state index in [1.807, 2.05) is 0 Å². The van der Waals surface area contributed by atoms with E-state index in [1.165, 1.54) is 10.8 Å². The maximum atomic E-state index is 13.1. The van der Waals surface area contributed by atoms with Crippen molar-refractivity contribution in [2.24, 2.45) is 0 Å². The van der Waals surface area contributed by atoms with Crippen molar-refractivity contribution in [2.45, 2.75) is 20.0 Å². The Hall–Kier alpha value is -3.08. The molecule has 0 N–H and O–H groups in total. The lowest BCUT2D eigenvalue weighted by Gasteiger charge is -2.06. The number of aromatic nitrogens is 6. The average molecular weight is 390 g/mol. The van der Waals surface area contributed by atoms with Crippen molar-refractivity contribution in [2.75, 3.05) is 0 Å². The van der Waals surface area contributed by atoms with E-state index in [0.717, 1.165) is 17.4 Å². The van der Waals surface area contributed by atoms with Crippen LogP contribution in [0.3, 0.4) is 0 Å². The molecule has 0 aromatic carbocycles. The monoisotopic (exact) mass is 390 g/mol. The van der Waals surface area contributed by atoms with Crippen molar-refractivity contribution in [1.82, 2.24) is 29.7 Å². The highest BCUT2D eigenvalue weighted by Gasteiger charge is 2.33. The fourth-order valence-electron chi connectivity index (χ4n) is 2.94. The fraction of sp³-hybridized carbons (Fsp3) is 0.188. The summed E-state index contributed by atoms with van der Waals surface area (Å²) in [6, 6.07) is 2.74. The summed E-state index contributed by atoms with van der Waals surface area (Å²) in [4.78, 5) is 12.9. The van der Waals surface area contributed by atoms with Crippen LogP contribution in [0.4, 0.5) is 13.2 Å². The lowest BCUT2D eigenvalue weighted by atomic mass is 10.1. The van der Waals surface area contributed by atoms with Crippen molar-refractivity contribution < 1.29 is 17.7 Å². The summed E-state index contributed by atoms with van der Waals surface area (Å²) in [5.41, 5.74) is 1.04. The summed E-state index contributed by atoms with van der Waals surface area (Å²) >= 11 is 1.11. The smallest absolute Gasteiger partial charge is 0.361 e. The number of thiophene rings is 1. The van der Waals surface area contributed by atoms with Crippen LogP contribution in [-0.2, 0) is 6.18 Å². The van der Waals surface area contributed by atoms with Crippen molar-refractivity contribution in [1.29, 1.82) is 0 Å². The topological polar surface area (TPSA) is 82.0 Å². The second kappa shape index (κ2) is 5.22. The molecule has 5 heterocycles. The summed E-state index contributed by atoms with van der Waals surface area (Å²) in [6.45, 7) is 3.37. The van der Waals surface area contributed by atoms with Crippen molar-refractivity contribution in [3.8, 4) is 11.5 Å². The number of pyridine rings is 1. The Morgan fingerprint density at radius 2 is 1.96 bits per heavy atom. The van der Waals surface area contributed by atoms with Crippen LogP contribution in [0.1, 0.15) is 17.0 Å². The molecular formula is C16H9F3N6OS. The largest absolute Gasteiger partial charge is 0.433 e.